The molecule has 1 saturated heterocycles. The highest BCUT2D eigenvalue weighted by Crippen LogP contribution is 2.28. The van der Waals surface area contributed by atoms with Crippen molar-refractivity contribution in [2.75, 3.05) is 6.54 Å². The van der Waals surface area contributed by atoms with Crippen molar-refractivity contribution in [3.05, 3.63) is 46.8 Å². The number of hydrogen-bond acceptors (Lipinski definition) is 3. The van der Waals surface area contributed by atoms with Gasteiger partial charge in [-0.05, 0) is 46.2 Å². The lowest BCUT2D eigenvalue weighted by molar-refractivity contribution is 0.630. The molecule has 0 amide bonds. The minimum atomic E-state index is 0.432. The highest BCUT2D eigenvalue weighted by molar-refractivity contribution is 5.57. The molecule has 0 saturated carbocycles. The van der Waals surface area contributed by atoms with Gasteiger partial charge in [-0.2, -0.15) is 0 Å². The van der Waals surface area contributed by atoms with Crippen LogP contribution in [0.3, 0.4) is 0 Å². The molecule has 0 spiro atoms. The van der Waals surface area contributed by atoms with E-state index in [9.17, 15) is 0 Å². The summed E-state index contributed by atoms with van der Waals surface area (Å²) in [6.07, 6.45) is 2.43. The van der Waals surface area contributed by atoms with Crippen LogP contribution >= 0.6 is 0 Å². The third-order valence-corrected chi connectivity index (χ3v) is 4.01. The van der Waals surface area contributed by atoms with Crippen LogP contribution in [0, 0.1) is 20.8 Å². The predicted molar refractivity (Wildman–Crippen MR) is 81.7 cm³/mol. The fourth-order valence-electron chi connectivity index (χ4n) is 3.07. The van der Waals surface area contributed by atoms with E-state index in [0.29, 0.717) is 6.04 Å². The Balaban J connectivity index is 2.03. The van der Waals surface area contributed by atoms with Crippen LogP contribution in [-0.4, -0.2) is 16.5 Å². The molecular formula is C17H21N3. The van der Waals surface area contributed by atoms with Crippen LogP contribution in [0.5, 0.6) is 0 Å². The summed E-state index contributed by atoms with van der Waals surface area (Å²) < 4.78 is 0. The maximum Gasteiger partial charge on any atom is 0.159 e. The third-order valence-electron chi connectivity index (χ3n) is 4.01. The molecule has 1 fully saturated rings. The van der Waals surface area contributed by atoms with Crippen LogP contribution in [-0.2, 0) is 0 Å². The molecule has 3 heteroatoms. The highest BCUT2D eigenvalue weighted by Gasteiger charge is 2.22. The molecule has 1 unspecified atom stereocenters. The van der Waals surface area contributed by atoms with E-state index in [2.05, 4.69) is 50.4 Å². The molecule has 1 aromatic heterocycles. The molecule has 104 valence electrons. The van der Waals surface area contributed by atoms with Crippen LogP contribution in [0.4, 0.5) is 0 Å². The van der Waals surface area contributed by atoms with Crippen LogP contribution in [0.15, 0.2) is 24.3 Å². The van der Waals surface area contributed by atoms with Gasteiger partial charge in [-0.1, -0.05) is 23.8 Å². The summed E-state index contributed by atoms with van der Waals surface area (Å²) in [6.45, 7) is 7.40. The normalized spacial score (nSPS) is 18.4. The zero-order chi connectivity index (χ0) is 14.1. The number of rotatable bonds is 2. The van der Waals surface area contributed by atoms with Crippen LogP contribution < -0.4 is 5.32 Å². The van der Waals surface area contributed by atoms with Gasteiger partial charge in [0.05, 0.1) is 0 Å². The second-order valence-corrected chi connectivity index (χ2v) is 5.65. The minimum absolute atomic E-state index is 0.432. The molecule has 3 rings (SSSR count). The number of hydrogen-bond donors (Lipinski definition) is 1. The van der Waals surface area contributed by atoms with Crippen molar-refractivity contribution in [2.24, 2.45) is 0 Å². The molecule has 0 aliphatic carbocycles. The van der Waals surface area contributed by atoms with Crippen molar-refractivity contribution in [3.63, 3.8) is 0 Å². The molecule has 2 aromatic rings. The van der Waals surface area contributed by atoms with E-state index in [0.717, 1.165) is 29.3 Å². The van der Waals surface area contributed by atoms with Gasteiger partial charge in [-0.15, -0.1) is 0 Å². The summed E-state index contributed by atoms with van der Waals surface area (Å²) in [7, 11) is 0. The number of nitrogens with zero attached hydrogens (tertiary/aromatic N) is 2. The summed E-state index contributed by atoms with van der Waals surface area (Å²) in [5, 5.41) is 3.54. The topological polar surface area (TPSA) is 37.8 Å². The molecule has 1 N–H and O–H groups in total. The molecule has 1 aliphatic heterocycles. The highest BCUT2D eigenvalue weighted by atomic mass is 15.0. The first-order valence-corrected chi connectivity index (χ1v) is 7.30. The molecule has 0 radical (unpaired) electrons. The average molecular weight is 267 g/mol. The molecule has 1 aromatic carbocycles. The van der Waals surface area contributed by atoms with Gasteiger partial charge >= 0.3 is 0 Å². The number of benzene rings is 1. The Morgan fingerprint density at radius 1 is 1.10 bits per heavy atom. The third kappa shape index (κ3) is 2.46. The summed E-state index contributed by atoms with van der Waals surface area (Å²) in [6, 6.07) is 8.81. The zero-order valence-electron chi connectivity index (χ0n) is 12.4. The minimum Gasteiger partial charge on any atom is -0.310 e. The van der Waals surface area contributed by atoms with Crippen LogP contribution in [0.2, 0.25) is 0 Å². The van der Waals surface area contributed by atoms with Gasteiger partial charge in [-0.25, -0.2) is 9.97 Å². The Kier molecular flexibility index (Phi) is 3.53. The molecular weight excluding hydrogens is 246 g/mol. The summed E-state index contributed by atoms with van der Waals surface area (Å²) in [5.74, 6) is 0.838. The predicted octanol–water partition coefficient (Wildman–Crippen LogP) is 3.49. The van der Waals surface area contributed by atoms with Crippen molar-refractivity contribution in [1.82, 2.24) is 15.3 Å². The number of aryl methyl sites for hydroxylation is 3. The smallest absolute Gasteiger partial charge is 0.159 e. The van der Waals surface area contributed by atoms with E-state index in [-0.39, 0.29) is 0 Å². The van der Waals surface area contributed by atoms with E-state index in [4.69, 9.17) is 9.97 Å². The second kappa shape index (κ2) is 5.33. The maximum atomic E-state index is 4.74. The summed E-state index contributed by atoms with van der Waals surface area (Å²) in [4.78, 5) is 9.48. The number of aromatic nitrogens is 2. The van der Waals surface area contributed by atoms with Gasteiger partial charge in [-0.3, -0.25) is 0 Å². The summed E-state index contributed by atoms with van der Waals surface area (Å²) in [5.41, 5.74) is 5.84. The Morgan fingerprint density at radius 2 is 1.85 bits per heavy atom. The largest absolute Gasteiger partial charge is 0.310 e. The Labute approximate surface area is 120 Å². The number of nitrogens with one attached hydrogen (secondary N) is 1. The standard InChI is InChI=1S/C17H21N3/c1-11-6-4-7-14(10-11)17-19-12(2)16(13(3)20-17)15-8-5-9-18-15/h4,6-7,10,15,18H,5,8-9H2,1-3H3. The van der Waals surface area contributed by atoms with E-state index >= 15 is 0 Å². The fourth-order valence-corrected chi connectivity index (χ4v) is 3.07. The van der Waals surface area contributed by atoms with Crippen molar-refractivity contribution >= 4 is 0 Å². The van der Waals surface area contributed by atoms with Gasteiger partial charge in [0.15, 0.2) is 5.82 Å². The van der Waals surface area contributed by atoms with E-state index in [1.54, 1.807) is 0 Å². The molecule has 2 heterocycles. The lowest BCUT2D eigenvalue weighted by Crippen LogP contribution is -2.17. The average Bonchev–Trinajstić information content (AvgIpc) is 2.91. The zero-order valence-corrected chi connectivity index (χ0v) is 12.4. The molecule has 0 bridgehead atoms. The van der Waals surface area contributed by atoms with E-state index in [1.165, 1.54) is 24.0 Å². The van der Waals surface area contributed by atoms with Gasteiger partial charge in [0.2, 0.25) is 0 Å². The molecule has 3 nitrogen and oxygen atoms in total. The van der Waals surface area contributed by atoms with Crippen molar-refractivity contribution in [2.45, 2.75) is 39.7 Å². The van der Waals surface area contributed by atoms with Crippen molar-refractivity contribution in [1.29, 1.82) is 0 Å². The first-order chi connectivity index (χ1) is 9.65. The van der Waals surface area contributed by atoms with E-state index < -0.39 is 0 Å². The fraction of sp³-hybridized carbons (Fsp3) is 0.412. The van der Waals surface area contributed by atoms with Gasteiger partial charge in [0.1, 0.15) is 0 Å². The summed E-state index contributed by atoms with van der Waals surface area (Å²) >= 11 is 0. The Hall–Kier alpha value is -1.74. The van der Waals surface area contributed by atoms with Crippen LogP contribution in [0.25, 0.3) is 11.4 Å². The van der Waals surface area contributed by atoms with Crippen LogP contribution in [0.1, 0.15) is 41.4 Å². The molecule has 1 aliphatic rings. The second-order valence-electron chi connectivity index (χ2n) is 5.65. The van der Waals surface area contributed by atoms with Crippen molar-refractivity contribution in [3.8, 4) is 11.4 Å². The van der Waals surface area contributed by atoms with Gasteiger partial charge in [0, 0.05) is 28.6 Å². The molecule has 1 atom stereocenters. The first-order valence-electron chi connectivity index (χ1n) is 7.30. The SMILES string of the molecule is Cc1cccc(-c2nc(C)c(C3CCCN3)c(C)n2)c1. The molecule has 20 heavy (non-hydrogen) atoms. The van der Waals surface area contributed by atoms with Gasteiger partial charge < -0.3 is 5.32 Å². The monoisotopic (exact) mass is 267 g/mol. The van der Waals surface area contributed by atoms with E-state index in [1.807, 2.05) is 0 Å². The Morgan fingerprint density at radius 3 is 2.45 bits per heavy atom. The van der Waals surface area contributed by atoms with Gasteiger partial charge in [0.25, 0.3) is 0 Å². The quantitative estimate of drug-likeness (QED) is 0.905. The maximum absolute atomic E-state index is 4.74. The lowest BCUT2D eigenvalue weighted by Gasteiger charge is -2.17. The lowest BCUT2D eigenvalue weighted by atomic mass is 10.0. The van der Waals surface area contributed by atoms with Crippen molar-refractivity contribution < 1.29 is 0 Å². The first kappa shape index (κ1) is 13.3. The Bertz CT molecular complexity index is 605.